The van der Waals surface area contributed by atoms with E-state index >= 15 is 0 Å². The molecule has 1 aromatic carbocycles. The van der Waals surface area contributed by atoms with Crippen LogP contribution in [0.3, 0.4) is 0 Å². The number of hydrogen-bond acceptors (Lipinski definition) is 4. The number of carbonyl (C=O) groups is 1. The number of rotatable bonds is 6. The largest absolute Gasteiger partial charge is 0.497 e. The minimum absolute atomic E-state index is 0.0219. The van der Waals surface area contributed by atoms with E-state index in [9.17, 15) is 4.79 Å². The van der Waals surface area contributed by atoms with Crippen molar-refractivity contribution in [2.75, 3.05) is 44.7 Å². The lowest BCUT2D eigenvalue weighted by Crippen LogP contribution is -2.52. The third-order valence-corrected chi connectivity index (χ3v) is 7.43. The SMILES string of the molecule is COc1ccc(N2CCC(NC(=O)NC3CCN(CC4CCCCC4)CC3)CC2)cc1. The van der Waals surface area contributed by atoms with E-state index in [0.29, 0.717) is 6.04 Å². The van der Waals surface area contributed by atoms with Crippen molar-refractivity contribution in [3.8, 4) is 5.75 Å². The van der Waals surface area contributed by atoms with Gasteiger partial charge in [-0.3, -0.25) is 0 Å². The first kappa shape index (κ1) is 22.3. The monoisotopic (exact) mass is 428 g/mol. The van der Waals surface area contributed by atoms with Crippen LogP contribution in [0.2, 0.25) is 0 Å². The van der Waals surface area contributed by atoms with E-state index in [4.69, 9.17) is 4.74 Å². The summed E-state index contributed by atoms with van der Waals surface area (Å²) in [4.78, 5) is 17.5. The lowest BCUT2D eigenvalue weighted by molar-refractivity contribution is 0.155. The van der Waals surface area contributed by atoms with Crippen molar-refractivity contribution >= 4 is 11.7 Å². The van der Waals surface area contributed by atoms with Crippen LogP contribution < -0.4 is 20.3 Å². The van der Waals surface area contributed by atoms with Crippen molar-refractivity contribution in [1.82, 2.24) is 15.5 Å². The molecule has 6 heteroatoms. The van der Waals surface area contributed by atoms with Gasteiger partial charge in [0, 0.05) is 50.5 Å². The molecule has 1 aliphatic carbocycles. The van der Waals surface area contributed by atoms with Crippen LogP contribution in [0.1, 0.15) is 57.8 Å². The van der Waals surface area contributed by atoms with Gasteiger partial charge >= 0.3 is 6.03 Å². The van der Waals surface area contributed by atoms with E-state index in [-0.39, 0.29) is 12.1 Å². The molecule has 1 saturated carbocycles. The summed E-state index contributed by atoms with van der Waals surface area (Å²) in [5, 5.41) is 6.46. The van der Waals surface area contributed by atoms with E-state index in [1.807, 2.05) is 12.1 Å². The van der Waals surface area contributed by atoms with Crippen molar-refractivity contribution in [1.29, 1.82) is 0 Å². The van der Waals surface area contributed by atoms with Gasteiger partial charge < -0.3 is 25.2 Å². The maximum absolute atomic E-state index is 12.5. The van der Waals surface area contributed by atoms with Gasteiger partial charge in [-0.2, -0.15) is 0 Å². The van der Waals surface area contributed by atoms with E-state index in [1.54, 1.807) is 7.11 Å². The molecule has 1 aromatic rings. The van der Waals surface area contributed by atoms with Gasteiger partial charge in [0.25, 0.3) is 0 Å². The average Bonchev–Trinajstić information content (AvgIpc) is 2.82. The second-order valence-electron chi connectivity index (χ2n) is 9.66. The number of nitrogens with one attached hydrogen (secondary N) is 2. The quantitative estimate of drug-likeness (QED) is 0.719. The highest BCUT2D eigenvalue weighted by atomic mass is 16.5. The Balaban J connectivity index is 1.12. The number of hydrogen-bond donors (Lipinski definition) is 2. The van der Waals surface area contributed by atoms with Crippen molar-refractivity contribution in [3.05, 3.63) is 24.3 Å². The predicted octanol–water partition coefficient (Wildman–Crippen LogP) is 4.01. The molecule has 2 amide bonds. The Morgan fingerprint density at radius 1 is 0.871 bits per heavy atom. The number of piperidine rings is 2. The van der Waals surface area contributed by atoms with Crippen molar-refractivity contribution in [3.63, 3.8) is 0 Å². The highest BCUT2D eigenvalue weighted by Crippen LogP contribution is 2.26. The number of likely N-dealkylation sites (tertiary alicyclic amines) is 1. The van der Waals surface area contributed by atoms with E-state index in [2.05, 4.69) is 32.6 Å². The Morgan fingerprint density at radius 2 is 1.45 bits per heavy atom. The lowest BCUT2D eigenvalue weighted by Gasteiger charge is -2.36. The first-order valence-electron chi connectivity index (χ1n) is 12.4. The fourth-order valence-corrected chi connectivity index (χ4v) is 5.48. The highest BCUT2D eigenvalue weighted by molar-refractivity contribution is 5.74. The van der Waals surface area contributed by atoms with Crippen LogP contribution in [0, 0.1) is 5.92 Å². The minimum atomic E-state index is 0.0219. The molecule has 0 atom stereocenters. The Bertz CT molecular complexity index is 673. The summed E-state index contributed by atoms with van der Waals surface area (Å²) in [5.74, 6) is 1.79. The van der Waals surface area contributed by atoms with Gasteiger partial charge in [-0.15, -0.1) is 0 Å². The fourth-order valence-electron chi connectivity index (χ4n) is 5.48. The van der Waals surface area contributed by atoms with Crippen LogP contribution in [0.25, 0.3) is 0 Å². The third-order valence-electron chi connectivity index (χ3n) is 7.43. The summed E-state index contributed by atoms with van der Waals surface area (Å²) < 4.78 is 5.24. The molecule has 6 nitrogen and oxygen atoms in total. The standard InChI is InChI=1S/C25H40N4O2/c1-31-24-9-7-23(8-10-24)29-17-13-22(14-18-29)27-25(30)26-21-11-15-28(16-12-21)19-20-5-3-2-4-6-20/h7-10,20-22H,2-6,11-19H2,1H3,(H2,26,27,30). The zero-order valence-corrected chi connectivity index (χ0v) is 19.2. The van der Waals surface area contributed by atoms with Gasteiger partial charge in [0.15, 0.2) is 0 Å². The summed E-state index contributed by atoms with van der Waals surface area (Å²) in [6.07, 6.45) is 11.2. The smallest absolute Gasteiger partial charge is 0.315 e. The molecular weight excluding hydrogens is 388 g/mol. The number of carbonyl (C=O) groups excluding carboxylic acids is 1. The molecule has 172 valence electrons. The number of amides is 2. The van der Waals surface area contributed by atoms with E-state index in [0.717, 1.165) is 63.5 Å². The van der Waals surface area contributed by atoms with Gasteiger partial charge in [0.05, 0.1) is 7.11 Å². The Hall–Kier alpha value is -1.95. The van der Waals surface area contributed by atoms with Gasteiger partial charge in [-0.05, 0) is 68.7 Å². The second kappa shape index (κ2) is 11.1. The number of ether oxygens (including phenoxy) is 1. The summed E-state index contributed by atoms with van der Waals surface area (Å²) in [7, 11) is 1.69. The van der Waals surface area contributed by atoms with Crippen LogP contribution in [0.4, 0.5) is 10.5 Å². The van der Waals surface area contributed by atoms with Crippen LogP contribution in [0.5, 0.6) is 5.75 Å². The molecule has 0 bridgehead atoms. The molecule has 0 radical (unpaired) electrons. The molecule has 2 N–H and O–H groups in total. The Labute approximate surface area is 187 Å². The molecule has 0 spiro atoms. The fraction of sp³-hybridized carbons (Fsp3) is 0.720. The molecule has 31 heavy (non-hydrogen) atoms. The molecule has 2 saturated heterocycles. The molecule has 0 aromatic heterocycles. The van der Waals surface area contributed by atoms with Crippen molar-refractivity contribution in [2.45, 2.75) is 69.9 Å². The molecule has 2 heterocycles. The maximum Gasteiger partial charge on any atom is 0.315 e. The van der Waals surface area contributed by atoms with Crippen LogP contribution in [-0.4, -0.2) is 62.8 Å². The average molecular weight is 429 g/mol. The Morgan fingerprint density at radius 3 is 2.03 bits per heavy atom. The zero-order valence-electron chi connectivity index (χ0n) is 19.2. The van der Waals surface area contributed by atoms with Crippen molar-refractivity contribution in [2.24, 2.45) is 5.92 Å². The lowest BCUT2D eigenvalue weighted by atomic mass is 9.88. The molecule has 4 rings (SSSR count). The molecule has 0 unspecified atom stereocenters. The number of benzene rings is 1. The highest BCUT2D eigenvalue weighted by Gasteiger charge is 2.25. The van der Waals surface area contributed by atoms with Gasteiger partial charge in [0.1, 0.15) is 5.75 Å². The van der Waals surface area contributed by atoms with E-state index < -0.39 is 0 Å². The number of methoxy groups -OCH3 is 1. The van der Waals surface area contributed by atoms with Crippen LogP contribution in [0.15, 0.2) is 24.3 Å². The number of anilines is 1. The molecule has 2 aliphatic heterocycles. The third kappa shape index (κ3) is 6.52. The second-order valence-corrected chi connectivity index (χ2v) is 9.66. The molecule has 3 fully saturated rings. The summed E-state index contributed by atoms with van der Waals surface area (Å²) in [6.45, 7) is 5.46. The van der Waals surface area contributed by atoms with Crippen molar-refractivity contribution < 1.29 is 9.53 Å². The predicted molar refractivity (Wildman–Crippen MR) is 126 cm³/mol. The number of nitrogens with zero attached hydrogens (tertiary/aromatic N) is 2. The molecular formula is C25H40N4O2. The zero-order chi connectivity index (χ0) is 21.5. The minimum Gasteiger partial charge on any atom is -0.497 e. The summed E-state index contributed by atoms with van der Waals surface area (Å²) in [5.41, 5.74) is 1.23. The Kier molecular flexibility index (Phi) is 7.95. The normalized spacial score (nSPS) is 22.3. The van der Waals surface area contributed by atoms with E-state index in [1.165, 1.54) is 44.3 Å². The first-order valence-corrected chi connectivity index (χ1v) is 12.4. The first-order chi connectivity index (χ1) is 15.2. The number of urea groups is 1. The van der Waals surface area contributed by atoms with Gasteiger partial charge in [-0.1, -0.05) is 19.3 Å². The topological polar surface area (TPSA) is 56.8 Å². The summed E-state index contributed by atoms with van der Waals surface area (Å²) in [6, 6.07) is 8.85. The maximum atomic E-state index is 12.5. The van der Waals surface area contributed by atoms with Crippen LogP contribution in [-0.2, 0) is 0 Å². The summed E-state index contributed by atoms with van der Waals surface area (Å²) >= 11 is 0. The molecule has 3 aliphatic rings. The van der Waals surface area contributed by atoms with Gasteiger partial charge in [-0.25, -0.2) is 4.79 Å². The van der Waals surface area contributed by atoms with Gasteiger partial charge in [0.2, 0.25) is 0 Å². The van der Waals surface area contributed by atoms with Crippen LogP contribution >= 0.6 is 0 Å².